The van der Waals surface area contributed by atoms with Gasteiger partial charge in [-0.05, 0) is 108 Å². The summed E-state index contributed by atoms with van der Waals surface area (Å²) in [4.78, 5) is 17.0. The van der Waals surface area contributed by atoms with Gasteiger partial charge >= 0.3 is 0 Å². The van der Waals surface area contributed by atoms with Crippen molar-refractivity contribution in [2.75, 3.05) is 0 Å². The standard InChI is InChI=1S/C44H48S7/c1-3-5-7-9-11-13-17-31-29-41(50-43(31)39-25-23-35(48-39)33-19-15-27-45-33)37-21-22-38(47-37)42-30-32(18-14-12-10-8-6-4-2)44(51-42)40-26-24-36(49-40)34-20-16-28-46-34/h15-16,19-30H,3-14,17-18H2,1-2H3. The van der Waals surface area contributed by atoms with E-state index >= 15 is 0 Å². The molecule has 0 aliphatic heterocycles. The zero-order valence-corrected chi connectivity index (χ0v) is 35.6. The lowest BCUT2D eigenvalue weighted by atomic mass is 10.0. The second-order valence-electron chi connectivity index (χ2n) is 13.4. The highest BCUT2D eigenvalue weighted by Gasteiger charge is 2.19. The molecule has 0 radical (unpaired) electrons. The SMILES string of the molecule is CCCCCCCCc1cc(-c2ccc(-c3cc(CCCCCCCC)c(-c4ccc(-c5cccs5)s4)s3)s2)sc1-c1ccc(-c2cccs2)s1. The van der Waals surface area contributed by atoms with Crippen molar-refractivity contribution in [1.82, 2.24) is 0 Å². The second-order valence-corrected chi connectivity index (χ2v) is 20.7. The van der Waals surface area contributed by atoms with E-state index in [1.807, 2.05) is 79.4 Å². The topological polar surface area (TPSA) is 0 Å². The molecule has 0 N–H and O–H groups in total. The van der Waals surface area contributed by atoms with Crippen LogP contribution < -0.4 is 0 Å². The molecule has 51 heavy (non-hydrogen) atoms. The highest BCUT2D eigenvalue weighted by Crippen LogP contribution is 2.49. The van der Waals surface area contributed by atoms with Crippen molar-refractivity contribution in [2.45, 2.75) is 104 Å². The Bertz CT molecular complexity index is 1890. The van der Waals surface area contributed by atoms with Crippen LogP contribution in [0.1, 0.15) is 102 Å². The number of aryl methyl sites for hydroxylation is 2. The van der Waals surface area contributed by atoms with Gasteiger partial charge in [0.15, 0.2) is 0 Å². The normalized spacial score (nSPS) is 11.6. The fourth-order valence-corrected chi connectivity index (χ4v) is 14.3. The van der Waals surface area contributed by atoms with Crippen LogP contribution in [0.25, 0.3) is 58.5 Å². The highest BCUT2D eigenvalue weighted by atomic mass is 32.1. The van der Waals surface area contributed by atoms with Crippen molar-refractivity contribution in [3.8, 4) is 58.5 Å². The number of rotatable bonds is 20. The van der Waals surface area contributed by atoms with E-state index in [-0.39, 0.29) is 0 Å². The van der Waals surface area contributed by atoms with Gasteiger partial charge in [-0.15, -0.1) is 79.4 Å². The molecule has 0 aromatic carbocycles. The monoisotopic (exact) mass is 800 g/mol. The molecule has 0 saturated heterocycles. The Morgan fingerprint density at radius 2 is 0.725 bits per heavy atom. The van der Waals surface area contributed by atoms with E-state index in [0.29, 0.717) is 0 Å². The molecular weight excluding hydrogens is 753 g/mol. The predicted molar refractivity (Wildman–Crippen MR) is 238 cm³/mol. The summed E-state index contributed by atoms with van der Waals surface area (Å²) >= 11 is 13.6. The van der Waals surface area contributed by atoms with Crippen molar-refractivity contribution < 1.29 is 0 Å². The predicted octanol–water partition coefficient (Wildman–Crippen LogP) is 17.9. The first kappa shape index (κ1) is 37.2. The molecule has 7 heterocycles. The van der Waals surface area contributed by atoms with Crippen LogP contribution in [0.5, 0.6) is 0 Å². The Hall–Kier alpha value is -2.10. The minimum absolute atomic E-state index is 1.17. The van der Waals surface area contributed by atoms with Gasteiger partial charge in [-0.3, -0.25) is 0 Å². The summed E-state index contributed by atoms with van der Waals surface area (Å²) in [7, 11) is 0. The van der Waals surface area contributed by atoms with E-state index in [4.69, 9.17) is 0 Å². The maximum absolute atomic E-state index is 2.54. The lowest BCUT2D eigenvalue weighted by Gasteiger charge is -2.03. The first-order valence-corrected chi connectivity index (χ1v) is 24.7. The quantitative estimate of drug-likeness (QED) is 0.0674. The van der Waals surface area contributed by atoms with Crippen molar-refractivity contribution >= 4 is 79.4 Å². The molecule has 0 fully saturated rings. The summed E-state index contributed by atoms with van der Waals surface area (Å²) in [5, 5.41) is 4.38. The molecule has 0 unspecified atom stereocenters. The van der Waals surface area contributed by atoms with Gasteiger partial charge in [0.25, 0.3) is 0 Å². The van der Waals surface area contributed by atoms with E-state index in [1.54, 1.807) is 11.1 Å². The summed E-state index contributed by atoms with van der Waals surface area (Å²) in [6.07, 6.45) is 18.4. The number of hydrogen-bond donors (Lipinski definition) is 0. The molecule has 7 aromatic heterocycles. The smallest absolute Gasteiger partial charge is 0.0481 e. The molecule has 0 aliphatic carbocycles. The Morgan fingerprint density at radius 3 is 1.14 bits per heavy atom. The first-order chi connectivity index (χ1) is 25.2. The highest BCUT2D eigenvalue weighted by molar-refractivity contribution is 7.31. The largest absolute Gasteiger partial charge is 0.143 e. The van der Waals surface area contributed by atoms with Gasteiger partial charge in [-0.1, -0.05) is 90.2 Å². The van der Waals surface area contributed by atoms with Gasteiger partial charge in [0, 0.05) is 58.5 Å². The van der Waals surface area contributed by atoms with Crippen LogP contribution >= 0.6 is 79.4 Å². The third kappa shape index (κ3) is 9.53. The summed E-state index contributed by atoms with van der Waals surface area (Å²) < 4.78 is 0. The Morgan fingerprint density at radius 1 is 0.353 bits per heavy atom. The van der Waals surface area contributed by atoms with E-state index in [9.17, 15) is 0 Å². The average Bonchev–Trinajstić information content (AvgIpc) is 3.99. The molecule has 0 nitrogen and oxygen atoms in total. The summed E-state index contributed by atoms with van der Waals surface area (Å²) in [5.41, 5.74) is 3.08. The molecule has 0 atom stereocenters. The molecule has 7 aromatic rings. The number of unbranched alkanes of at least 4 members (excludes halogenated alkanes) is 10. The van der Waals surface area contributed by atoms with Crippen molar-refractivity contribution in [3.05, 3.63) is 94.7 Å². The lowest BCUT2D eigenvalue weighted by Crippen LogP contribution is -1.86. The summed E-state index contributed by atoms with van der Waals surface area (Å²) in [6, 6.07) is 28.1. The molecule has 7 rings (SSSR count). The van der Waals surface area contributed by atoms with Crippen LogP contribution in [0.15, 0.2) is 83.6 Å². The van der Waals surface area contributed by atoms with Crippen molar-refractivity contribution in [1.29, 1.82) is 0 Å². The fraction of sp³-hybridized carbons (Fsp3) is 0.364. The Kier molecular flexibility index (Phi) is 13.7. The number of hydrogen-bond acceptors (Lipinski definition) is 7. The minimum Gasteiger partial charge on any atom is -0.143 e. The van der Waals surface area contributed by atoms with E-state index in [2.05, 4.69) is 97.4 Å². The van der Waals surface area contributed by atoms with E-state index < -0.39 is 0 Å². The van der Waals surface area contributed by atoms with Crippen LogP contribution in [-0.2, 0) is 12.8 Å². The summed E-state index contributed by atoms with van der Waals surface area (Å²) in [5.74, 6) is 0. The zero-order chi connectivity index (χ0) is 34.8. The molecule has 7 heteroatoms. The maximum atomic E-state index is 2.54. The second kappa shape index (κ2) is 18.8. The Labute approximate surface area is 333 Å². The fourth-order valence-electron chi connectivity index (χ4n) is 6.71. The van der Waals surface area contributed by atoms with E-state index in [1.165, 1.54) is 148 Å². The van der Waals surface area contributed by atoms with E-state index in [0.717, 1.165) is 0 Å². The molecule has 266 valence electrons. The van der Waals surface area contributed by atoms with Gasteiger partial charge in [0.2, 0.25) is 0 Å². The first-order valence-electron chi connectivity index (χ1n) is 18.8. The molecule has 0 saturated carbocycles. The molecule has 0 amide bonds. The van der Waals surface area contributed by atoms with Gasteiger partial charge in [0.1, 0.15) is 0 Å². The van der Waals surface area contributed by atoms with Gasteiger partial charge < -0.3 is 0 Å². The van der Waals surface area contributed by atoms with Crippen LogP contribution in [0.4, 0.5) is 0 Å². The molecule has 0 spiro atoms. The van der Waals surface area contributed by atoms with Crippen molar-refractivity contribution in [2.24, 2.45) is 0 Å². The van der Waals surface area contributed by atoms with Crippen LogP contribution in [0, 0.1) is 0 Å². The third-order valence-corrected chi connectivity index (χ3v) is 18.0. The van der Waals surface area contributed by atoms with Gasteiger partial charge in [-0.2, -0.15) is 0 Å². The minimum atomic E-state index is 1.17. The average molecular weight is 801 g/mol. The zero-order valence-electron chi connectivity index (χ0n) is 29.8. The third-order valence-electron chi connectivity index (χ3n) is 9.50. The van der Waals surface area contributed by atoms with Gasteiger partial charge in [-0.25, -0.2) is 0 Å². The molecule has 0 aliphatic rings. The van der Waals surface area contributed by atoms with Gasteiger partial charge in [0.05, 0.1) is 0 Å². The maximum Gasteiger partial charge on any atom is 0.0481 e. The van der Waals surface area contributed by atoms with Crippen LogP contribution in [0.2, 0.25) is 0 Å². The van der Waals surface area contributed by atoms with Crippen LogP contribution in [-0.4, -0.2) is 0 Å². The Balaban J connectivity index is 1.14. The van der Waals surface area contributed by atoms with Crippen LogP contribution in [0.3, 0.4) is 0 Å². The molecule has 0 bridgehead atoms. The van der Waals surface area contributed by atoms with Crippen molar-refractivity contribution in [3.63, 3.8) is 0 Å². The lowest BCUT2D eigenvalue weighted by molar-refractivity contribution is 0.608. The number of thiophene rings is 7. The molecular formula is C44H48S7. The summed E-state index contributed by atoms with van der Waals surface area (Å²) in [6.45, 7) is 4.61.